The van der Waals surface area contributed by atoms with Crippen LogP contribution in [-0.4, -0.2) is 31.8 Å². The lowest BCUT2D eigenvalue weighted by Crippen LogP contribution is -2.37. The van der Waals surface area contributed by atoms with Crippen molar-refractivity contribution in [1.82, 2.24) is 0 Å². The molecule has 0 aliphatic heterocycles. The molecular formula is C12H25NO3. The summed E-state index contributed by atoms with van der Waals surface area (Å²) < 4.78 is 10.3. The average Bonchev–Trinajstić information content (AvgIpc) is 2.23. The van der Waals surface area contributed by atoms with Gasteiger partial charge in [0.05, 0.1) is 13.2 Å². The molecule has 0 radical (unpaired) electrons. The molecule has 0 aliphatic carbocycles. The van der Waals surface area contributed by atoms with Crippen molar-refractivity contribution in [3.05, 3.63) is 0 Å². The van der Waals surface area contributed by atoms with Crippen LogP contribution in [0, 0.1) is 5.92 Å². The van der Waals surface area contributed by atoms with Crippen molar-refractivity contribution >= 4 is 5.97 Å². The molecule has 0 unspecified atom stereocenters. The largest absolute Gasteiger partial charge is 0.464 e. The molecule has 0 aromatic rings. The van der Waals surface area contributed by atoms with Gasteiger partial charge in [-0.2, -0.15) is 0 Å². The van der Waals surface area contributed by atoms with Crippen LogP contribution in [0.2, 0.25) is 0 Å². The predicted molar refractivity (Wildman–Crippen MR) is 64.1 cm³/mol. The third-order valence-corrected chi connectivity index (χ3v) is 2.18. The predicted octanol–water partition coefficient (Wildman–Crippen LogP) is 1.72. The number of hydrogen-bond donors (Lipinski definition) is 1. The maximum Gasteiger partial charge on any atom is 0.325 e. The van der Waals surface area contributed by atoms with Crippen molar-refractivity contribution in [2.75, 3.05) is 19.8 Å². The highest BCUT2D eigenvalue weighted by molar-refractivity contribution is 5.75. The Bertz CT molecular complexity index is 183. The van der Waals surface area contributed by atoms with Gasteiger partial charge in [0.15, 0.2) is 0 Å². The van der Waals surface area contributed by atoms with Crippen LogP contribution in [0.15, 0.2) is 0 Å². The zero-order valence-corrected chi connectivity index (χ0v) is 10.7. The first-order valence-electron chi connectivity index (χ1n) is 6.07. The average molecular weight is 231 g/mol. The van der Waals surface area contributed by atoms with Gasteiger partial charge in [0.2, 0.25) is 0 Å². The minimum Gasteiger partial charge on any atom is -0.464 e. The molecule has 2 N–H and O–H groups in total. The van der Waals surface area contributed by atoms with Gasteiger partial charge in [0.1, 0.15) is 6.04 Å². The molecule has 0 fully saturated rings. The fourth-order valence-corrected chi connectivity index (χ4v) is 1.03. The Morgan fingerprint density at radius 2 is 2.00 bits per heavy atom. The molecule has 0 bridgehead atoms. The number of rotatable bonds is 9. The smallest absolute Gasteiger partial charge is 0.325 e. The van der Waals surface area contributed by atoms with E-state index >= 15 is 0 Å². The zero-order valence-electron chi connectivity index (χ0n) is 10.7. The number of nitrogens with two attached hydrogens (primary N) is 1. The zero-order chi connectivity index (χ0) is 12.4. The van der Waals surface area contributed by atoms with Crippen molar-refractivity contribution in [3.63, 3.8) is 0 Å². The van der Waals surface area contributed by atoms with Gasteiger partial charge in [0.25, 0.3) is 0 Å². The molecule has 4 nitrogen and oxygen atoms in total. The van der Waals surface area contributed by atoms with Gasteiger partial charge in [-0.15, -0.1) is 0 Å². The van der Waals surface area contributed by atoms with Crippen molar-refractivity contribution in [3.8, 4) is 0 Å². The summed E-state index contributed by atoms with van der Waals surface area (Å²) in [7, 11) is 0. The molecular weight excluding hydrogens is 206 g/mol. The van der Waals surface area contributed by atoms with Crippen LogP contribution < -0.4 is 5.73 Å². The van der Waals surface area contributed by atoms with Gasteiger partial charge < -0.3 is 15.2 Å². The Hall–Kier alpha value is -0.610. The minimum absolute atomic E-state index is 0.251. The maximum atomic E-state index is 11.4. The van der Waals surface area contributed by atoms with Crippen LogP contribution in [0.25, 0.3) is 0 Å². The lowest BCUT2D eigenvalue weighted by molar-refractivity contribution is -0.147. The first-order valence-corrected chi connectivity index (χ1v) is 6.07. The van der Waals surface area contributed by atoms with Crippen LogP contribution >= 0.6 is 0 Å². The van der Waals surface area contributed by atoms with Crippen LogP contribution in [0.4, 0.5) is 0 Å². The molecule has 4 heteroatoms. The molecule has 1 atom stereocenters. The fourth-order valence-electron chi connectivity index (χ4n) is 1.03. The fraction of sp³-hybridized carbons (Fsp3) is 0.917. The second kappa shape index (κ2) is 9.60. The molecule has 0 aromatic carbocycles. The molecule has 0 aromatic heterocycles. The molecule has 16 heavy (non-hydrogen) atoms. The first-order chi connectivity index (χ1) is 7.57. The highest BCUT2D eigenvalue weighted by atomic mass is 16.5. The minimum atomic E-state index is -0.649. The maximum absolute atomic E-state index is 11.4. The van der Waals surface area contributed by atoms with Gasteiger partial charge in [-0.25, -0.2) is 0 Å². The Labute approximate surface area is 98.5 Å². The normalized spacial score (nSPS) is 12.8. The number of unbranched alkanes of at least 4 members (excludes halogenated alkanes) is 1. The summed E-state index contributed by atoms with van der Waals surface area (Å²) in [6.45, 7) is 7.61. The molecule has 0 saturated heterocycles. The van der Waals surface area contributed by atoms with Gasteiger partial charge >= 0.3 is 5.97 Å². The topological polar surface area (TPSA) is 61.5 Å². The summed E-state index contributed by atoms with van der Waals surface area (Å²) in [6.07, 6.45) is 2.94. The molecule has 0 amide bonds. The van der Waals surface area contributed by atoms with E-state index in [4.69, 9.17) is 15.2 Å². The summed E-state index contributed by atoms with van der Waals surface area (Å²) in [5, 5.41) is 0. The van der Waals surface area contributed by atoms with E-state index in [-0.39, 0.29) is 12.6 Å². The Morgan fingerprint density at radius 1 is 1.31 bits per heavy atom. The van der Waals surface area contributed by atoms with E-state index in [1.807, 2.05) is 0 Å². The van der Waals surface area contributed by atoms with Gasteiger partial charge in [-0.1, -0.05) is 27.2 Å². The van der Waals surface area contributed by atoms with E-state index in [0.29, 0.717) is 19.1 Å². The molecule has 0 aliphatic rings. The van der Waals surface area contributed by atoms with E-state index in [2.05, 4.69) is 20.8 Å². The van der Waals surface area contributed by atoms with Crippen molar-refractivity contribution in [2.45, 2.75) is 46.1 Å². The summed E-state index contributed by atoms with van der Waals surface area (Å²) in [5.74, 6) is 0.168. The third kappa shape index (κ3) is 8.68. The van der Waals surface area contributed by atoms with Gasteiger partial charge in [-0.3, -0.25) is 4.79 Å². The number of ether oxygens (including phenoxy) is 2. The monoisotopic (exact) mass is 231 g/mol. The molecule has 0 spiro atoms. The van der Waals surface area contributed by atoms with Crippen molar-refractivity contribution in [1.29, 1.82) is 0 Å². The highest BCUT2D eigenvalue weighted by Gasteiger charge is 2.14. The van der Waals surface area contributed by atoms with E-state index in [9.17, 15) is 4.79 Å². The highest BCUT2D eigenvalue weighted by Crippen LogP contribution is 2.00. The van der Waals surface area contributed by atoms with Gasteiger partial charge in [-0.05, 0) is 18.8 Å². The second-order valence-corrected chi connectivity index (χ2v) is 4.38. The van der Waals surface area contributed by atoms with Crippen LogP contribution in [0.3, 0.4) is 0 Å². The van der Waals surface area contributed by atoms with Crippen LogP contribution in [-0.2, 0) is 14.3 Å². The number of hydrogen-bond acceptors (Lipinski definition) is 4. The lowest BCUT2D eigenvalue weighted by Gasteiger charge is -2.12. The summed E-state index contributed by atoms with van der Waals surface area (Å²) in [4.78, 5) is 11.4. The lowest BCUT2D eigenvalue weighted by atomic mass is 10.1. The van der Waals surface area contributed by atoms with E-state index < -0.39 is 6.04 Å². The quantitative estimate of drug-likeness (QED) is 0.485. The first kappa shape index (κ1) is 15.4. The molecule has 0 heterocycles. The number of carbonyl (C=O) groups excluding carboxylic acids is 1. The molecule has 0 rings (SSSR count). The summed E-state index contributed by atoms with van der Waals surface area (Å²) in [6, 6.07) is -0.649. The van der Waals surface area contributed by atoms with E-state index in [1.165, 1.54) is 0 Å². The molecule has 96 valence electrons. The summed E-state index contributed by atoms with van der Waals surface area (Å²) in [5.41, 5.74) is 5.62. The van der Waals surface area contributed by atoms with Gasteiger partial charge in [0, 0.05) is 6.61 Å². The standard InChI is InChI=1S/C12H25NO3/c1-4-5-7-15-9-11(13)12(14)16-8-6-10(2)3/h10-11H,4-9,13H2,1-3H3/t11-/m0/s1. The van der Waals surface area contributed by atoms with Crippen molar-refractivity contribution < 1.29 is 14.3 Å². The van der Waals surface area contributed by atoms with E-state index in [1.54, 1.807) is 0 Å². The number of esters is 1. The second-order valence-electron chi connectivity index (χ2n) is 4.38. The van der Waals surface area contributed by atoms with Crippen molar-refractivity contribution in [2.24, 2.45) is 11.7 Å². The Morgan fingerprint density at radius 3 is 2.56 bits per heavy atom. The van der Waals surface area contributed by atoms with Crippen LogP contribution in [0.1, 0.15) is 40.0 Å². The SMILES string of the molecule is CCCCOC[C@H](N)C(=O)OCCC(C)C. The molecule has 0 saturated carbocycles. The third-order valence-electron chi connectivity index (χ3n) is 2.18. The Balaban J connectivity index is 3.49. The number of carbonyl (C=O) groups is 1. The van der Waals surface area contributed by atoms with E-state index in [0.717, 1.165) is 19.3 Å². The Kier molecular flexibility index (Phi) is 9.24. The summed E-state index contributed by atoms with van der Waals surface area (Å²) >= 11 is 0. The van der Waals surface area contributed by atoms with Crippen LogP contribution in [0.5, 0.6) is 0 Å².